The number of benzene rings is 6. The highest BCUT2D eigenvalue weighted by Crippen LogP contribution is 2.45. The van der Waals surface area contributed by atoms with Crippen LogP contribution in [0.4, 0.5) is 11.4 Å². The van der Waals surface area contributed by atoms with Gasteiger partial charge in [-0.2, -0.15) is 0 Å². The summed E-state index contributed by atoms with van der Waals surface area (Å²) in [6.07, 6.45) is 0.0280. The second-order valence-electron chi connectivity index (χ2n) is 10.3. The average Bonchev–Trinajstić information content (AvgIpc) is 3.51. The number of nitrogens with one attached hydrogen (secondary N) is 1. The molecule has 1 N–H and O–H groups in total. The summed E-state index contributed by atoms with van der Waals surface area (Å²) in [5.41, 5.74) is 8.62. The highest BCUT2D eigenvalue weighted by Gasteiger charge is 2.31. The van der Waals surface area contributed by atoms with Crippen molar-refractivity contribution in [3.05, 3.63) is 151 Å². The maximum atomic E-state index is 3.88. The van der Waals surface area contributed by atoms with Crippen LogP contribution in [0.2, 0.25) is 0 Å². The standard InChI is InChI=1S/C36H27N3/c1-3-11-25(12-4-1)24-38-35-23-27-14-8-7-13-26(27)22-32(35)37-36(38)28-19-20-34-31(21-28)30-17-9-10-18-33(30)39(34)29-15-5-2-6-16-29/h1-23,36-37H,24H2. The molecule has 1 unspecified atom stereocenters. The van der Waals surface area contributed by atoms with Crippen molar-refractivity contribution in [3.8, 4) is 5.69 Å². The summed E-state index contributed by atoms with van der Waals surface area (Å²) < 4.78 is 2.37. The zero-order valence-corrected chi connectivity index (χ0v) is 21.5. The Morgan fingerprint density at radius 1 is 0.564 bits per heavy atom. The van der Waals surface area contributed by atoms with Gasteiger partial charge in [-0.05, 0) is 64.4 Å². The molecule has 1 aliphatic heterocycles. The Hall–Kier alpha value is -5.02. The molecule has 0 aliphatic carbocycles. The molecule has 6 aromatic carbocycles. The van der Waals surface area contributed by atoms with Crippen molar-refractivity contribution in [2.45, 2.75) is 12.7 Å². The van der Waals surface area contributed by atoms with Crippen LogP contribution in [0.3, 0.4) is 0 Å². The van der Waals surface area contributed by atoms with E-state index in [2.05, 4.69) is 154 Å². The predicted octanol–water partition coefficient (Wildman–Crippen LogP) is 9.07. The summed E-state index contributed by atoms with van der Waals surface area (Å²) in [7, 11) is 0. The normalized spacial score (nSPS) is 14.7. The van der Waals surface area contributed by atoms with Crippen LogP contribution in [0.15, 0.2) is 140 Å². The predicted molar refractivity (Wildman–Crippen MR) is 164 cm³/mol. The Balaban J connectivity index is 1.30. The highest BCUT2D eigenvalue weighted by atomic mass is 15.3. The average molecular weight is 502 g/mol. The van der Waals surface area contributed by atoms with Crippen LogP contribution in [-0.4, -0.2) is 4.57 Å². The SMILES string of the molecule is c1ccc(CN2c3cc4ccccc4cc3NC2c2ccc3c(c2)c2ccccc2n3-c2ccccc2)cc1. The number of aromatic nitrogens is 1. The molecule has 7 aromatic rings. The Labute approximate surface area is 227 Å². The smallest absolute Gasteiger partial charge is 0.126 e. The van der Waals surface area contributed by atoms with Gasteiger partial charge < -0.3 is 14.8 Å². The van der Waals surface area contributed by atoms with E-state index in [1.54, 1.807) is 0 Å². The zero-order chi connectivity index (χ0) is 25.8. The van der Waals surface area contributed by atoms with Gasteiger partial charge in [0.25, 0.3) is 0 Å². The number of nitrogens with zero attached hydrogens (tertiary/aromatic N) is 2. The van der Waals surface area contributed by atoms with E-state index in [4.69, 9.17) is 0 Å². The Morgan fingerprint density at radius 3 is 2.05 bits per heavy atom. The van der Waals surface area contributed by atoms with Crippen LogP contribution in [0.5, 0.6) is 0 Å². The van der Waals surface area contributed by atoms with E-state index in [1.807, 2.05) is 0 Å². The van der Waals surface area contributed by atoms with E-state index < -0.39 is 0 Å². The summed E-state index contributed by atoms with van der Waals surface area (Å²) >= 11 is 0. The summed E-state index contributed by atoms with van der Waals surface area (Å²) in [6.45, 7) is 0.827. The monoisotopic (exact) mass is 501 g/mol. The van der Waals surface area contributed by atoms with Gasteiger partial charge >= 0.3 is 0 Å². The van der Waals surface area contributed by atoms with E-state index in [0.717, 1.165) is 6.54 Å². The lowest BCUT2D eigenvalue weighted by Crippen LogP contribution is -2.27. The van der Waals surface area contributed by atoms with Crippen molar-refractivity contribution < 1.29 is 0 Å². The first kappa shape index (κ1) is 22.0. The van der Waals surface area contributed by atoms with Crippen molar-refractivity contribution in [1.82, 2.24) is 4.57 Å². The molecule has 0 saturated carbocycles. The number of hydrogen-bond donors (Lipinski definition) is 1. The third-order valence-corrected chi connectivity index (χ3v) is 8.00. The molecule has 0 spiro atoms. The van der Waals surface area contributed by atoms with E-state index >= 15 is 0 Å². The maximum absolute atomic E-state index is 3.88. The third-order valence-electron chi connectivity index (χ3n) is 8.00. The topological polar surface area (TPSA) is 20.2 Å². The van der Waals surface area contributed by atoms with Crippen LogP contribution in [0, 0.1) is 0 Å². The fraction of sp³-hybridized carbons (Fsp3) is 0.0556. The fourth-order valence-electron chi connectivity index (χ4n) is 6.18. The van der Waals surface area contributed by atoms with Crippen molar-refractivity contribution in [2.75, 3.05) is 10.2 Å². The van der Waals surface area contributed by atoms with Gasteiger partial charge in [-0.15, -0.1) is 0 Å². The Bertz CT molecular complexity index is 1970. The molecular formula is C36H27N3. The van der Waals surface area contributed by atoms with Gasteiger partial charge in [-0.3, -0.25) is 0 Å². The quantitative estimate of drug-likeness (QED) is 0.260. The molecule has 1 aromatic heterocycles. The first-order valence-corrected chi connectivity index (χ1v) is 13.5. The molecule has 1 atom stereocenters. The molecule has 186 valence electrons. The van der Waals surface area contributed by atoms with Gasteiger partial charge in [0.05, 0.1) is 22.4 Å². The molecule has 0 amide bonds. The van der Waals surface area contributed by atoms with Gasteiger partial charge in [0.2, 0.25) is 0 Å². The highest BCUT2D eigenvalue weighted by molar-refractivity contribution is 6.09. The Morgan fingerprint density at radius 2 is 1.23 bits per heavy atom. The molecular weight excluding hydrogens is 474 g/mol. The second-order valence-corrected chi connectivity index (χ2v) is 10.3. The van der Waals surface area contributed by atoms with Gasteiger partial charge in [0.1, 0.15) is 6.17 Å². The van der Waals surface area contributed by atoms with Gasteiger partial charge in [-0.25, -0.2) is 0 Å². The largest absolute Gasteiger partial charge is 0.360 e. The van der Waals surface area contributed by atoms with Crippen molar-refractivity contribution in [1.29, 1.82) is 0 Å². The first-order valence-electron chi connectivity index (χ1n) is 13.5. The fourth-order valence-corrected chi connectivity index (χ4v) is 6.18. The number of hydrogen-bond acceptors (Lipinski definition) is 2. The van der Waals surface area contributed by atoms with E-state index in [-0.39, 0.29) is 6.17 Å². The summed E-state index contributed by atoms with van der Waals surface area (Å²) in [6, 6.07) is 50.4. The van der Waals surface area contributed by atoms with E-state index in [1.165, 1.54) is 60.8 Å². The van der Waals surface area contributed by atoms with Crippen LogP contribution in [-0.2, 0) is 6.54 Å². The third kappa shape index (κ3) is 3.58. The minimum atomic E-state index is 0.0280. The lowest BCUT2D eigenvalue weighted by Gasteiger charge is -2.27. The molecule has 2 heterocycles. The number of rotatable bonds is 4. The molecule has 39 heavy (non-hydrogen) atoms. The van der Waals surface area contributed by atoms with E-state index in [0.29, 0.717) is 0 Å². The van der Waals surface area contributed by atoms with Crippen molar-refractivity contribution in [3.63, 3.8) is 0 Å². The summed E-state index contributed by atoms with van der Waals surface area (Å²) in [5, 5.41) is 8.95. The molecule has 1 aliphatic rings. The van der Waals surface area contributed by atoms with Crippen LogP contribution in [0.25, 0.3) is 38.3 Å². The molecule has 0 saturated heterocycles. The molecule has 8 rings (SSSR count). The van der Waals surface area contributed by atoms with Crippen LogP contribution in [0.1, 0.15) is 17.3 Å². The molecule has 3 nitrogen and oxygen atoms in total. The molecule has 3 heteroatoms. The lowest BCUT2D eigenvalue weighted by atomic mass is 10.1. The first-order chi connectivity index (χ1) is 19.3. The molecule has 0 fully saturated rings. The number of para-hydroxylation sites is 2. The second kappa shape index (κ2) is 8.78. The summed E-state index contributed by atoms with van der Waals surface area (Å²) in [5.74, 6) is 0. The van der Waals surface area contributed by atoms with Crippen LogP contribution < -0.4 is 10.2 Å². The summed E-state index contributed by atoms with van der Waals surface area (Å²) in [4.78, 5) is 2.51. The number of fused-ring (bicyclic) bond motifs is 5. The Kier molecular flexibility index (Phi) is 4.95. The minimum absolute atomic E-state index is 0.0280. The number of anilines is 2. The van der Waals surface area contributed by atoms with Crippen molar-refractivity contribution >= 4 is 44.0 Å². The van der Waals surface area contributed by atoms with E-state index in [9.17, 15) is 0 Å². The van der Waals surface area contributed by atoms with Gasteiger partial charge in [-0.1, -0.05) is 97.1 Å². The maximum Gasteiger partial charge on any atom is 0.126 e. The van der Waals surface area contributed by atoms with Gasteiger partial charge in [0.15, 0.2) is 0 Å². The van der Waals surface area contributed by atoms with Crippen LogP contribution >= 0.6 is 0 Å². The molecule has 0 radical (unpaired) electrons. The minimum Gasteiger partial charge on any atom is -0.360 e. The zero-order valence-electron chi connectivity index (χ0n) is 21.5. The van der Waals surface area contributed by atoms with Gasteiger partial charge in [0, 0.05) is 23.0 Å². The molecule has 0 bridgehead atoms. The van der Waals surface area contributed by atoms with Crippen molar-refractivity contribution in [2.24, 2.45) is 0 Å². The lowest BCUT2D eigenvalue weighted by molar-refractivity contribution is 0.713.